The van der Waals surface area contributed by atoms with Gasteiger partial charge in [0, 0.05) is 6.54 Å². The van der Waals surface area contributed by atoms with Crippen LogP contribution in [0.15, 0.2) is 22.7 Å². The van der Waals surface area contributed by atoms with Crippen LogP contribution in [0.4, 0.5) is 4.39 Å². The van der Waals surface area contributed by atoms with E-state index in [2.05, 4.69) is 21.2 Å². The molecule has 3 nitrogen and oxygen atoms in total. The summed E-state index contributed by atoms with van der Waals surface area (Å²) in [5.74, 6) is -1.20. The summed E-state index contributed by atoms with van der Waals surface area (Å²) in [6.45, 7) is 2.37. The van der Waals surface area contributed by atoms with Gasteiger partial charge in [-0.05, 0) is 40.0 Å². The van der Waals surface area contributed by atoms with Gasteiger partial charge in [-0.25, -0.2) is 4.39 Å². The van der Waals surface area contributed by atoms with Gasteiger partial charge in [-0.3, -0.25) is 4.79 Å². The third kappa shape index (κ3) is 4.74. The number of hydrogen-bond acceptors (Lipinski definition) is 2. The number of halogens is 2. The number of carboxylic acid groups (broad SMARTS) is 1. The molecule has 5 heteroatoms. The van der Waals surface area contributed by atoms with E-state index in [1.165, 1.54) is 6.07 Å². The van der Waals surface area contributed by atoms with Crippen LogP contribution in [0.5, 0.6) is 0 Å². The Morgan fingerprint density at radius 1 is 1.56 bits per heavy atom. The molecule has 0 aromatic heterocycles. The first kappa shape index (κ1) is 15.1. The van der Waals surface area contributed by atoms with Crippen molar-refractivity contribution in [2.45, 2.75) is 38.8 Å². The molecule has 0 saturated heterocycles. The highest BCUT2D eigenvalue weighted by Crippen LogP contribution is 2.16. The van der Waals surface area contributed by atoms with Crippen molar-refractivity contribution in [3.8, 4) is 0 Å². The lowest BCUT2D eigenvalue weighted by Crippen LogP contribution is -2.36. The number of carboxylic acids is 1. The zero-order valence-corrected chi connectivity index (χ0v) is 11.8. The molecule has 0 saturated carbocycles. The summed E-state index contributed by atoms with van der Waals surface area (Å²) < 4.78 is 13.7. The summed E-state index contributed by atoms with van der Waals surface area (Å²) in [6.07, 6.45) is 2.40. The fraction of sp³-hybridized carbons (Fsp3) is 0.462. The Morgan fingerprint density at radius 3 is 2.83 bits per heavy atom. The van der Waals surface area contributed by atoms with Crippen LogP contribution in [-0.2, 0) is 11.3 Å². The van der Waals surface area contributed by atoms with Crippen LogP contribution in [0.2, 0.25) is 0 Å². The number of rotatable bonds is 7. The van der Waals surface area contributed by atoms with Gasteiger partial charge in [-0.15, -0.1) is 0 Å². The molecule has 1 aromatic rings. The van der Waals surface area contributed by atoms with Crippen LogP contribution >= 0.6 is 15.9 Å². The van der Waals surface area contributed by atoms with E-state index in [0.717, 1.165) is 18.4 Å². The molecule has 18 heavy (non-hydrogen) atoms. The fourth-order valence-corrected chi connectivity index (χ4v) is 1.86. The summed E-state index contributed by atoms with van der Waals surface area (Å²) in [5, 5.41) is 12.0. The van der Waals surface area contributed by atoms with Gasteiger partial charge in [0.25, 0.3) is 0 Å². The van der Waals surface area contributed by atoms with E-state index in [1.54, 1.807) is 12.1 Å². The lowest BCUT2D eigenvalue weighted by molar-refractivity contribution is -0.139. The van der Waals surface area contributed by atoms with Gasteiger partial charge >= 0.3 is 5.97 Å². The molecule has 0 aliphatic rings. The molecule has 1 unspecified atom stereocenters. The second-order valence-electron chi connectivity index (χ2n) is 4.16. The number of carbonyl (C=O) groups is 1. The van der Waals surface area contributed by atoms with Crippen LogP contribution in [-0.4, -0.2) is 17.1 Å². The monoisotopic (exact) mass is 317 g/mol. The van der Waals surface area contributed by atoms with Gasteiger partial charge in [0.15, 0.2) is 0 Å². The van der Waals surface area contributed by atoms with Gasteiger partial charge in [-0.1, -0.05) is 25.8 Å². The van der Waals surface area contributed by atoms with E-state index in [-0.39, 0.29) is 5.82 Å². The first-order chi connectivity index (χ1) is 8.54. The van der Waals surface area contributed by atoms with Crippen molar-refractivity contribution in [1.29, 1.82) is 0 Å². The first-order valence-corrected chi connectivity index (χ1v) is 6.74. The van der Waals surface area contributed by atoms with Gasteiger partial charge in [0.1, 0.15) is 11.9 Å². The van der Waals surface area contributed by atoms with Crippen molar-refractivity contribution in [3.63, 3.8) is 0 Å². The molecule has 0 fully saturated rings. The van der Waals surface area contributed by atoms with Gasteiger partial charge in [0.2, 0.25) is 0 Å². The van der Waals surface area contributed by atoms with Crippen LogP contribution in [0.3, 0.4) is 0 Å². The first-order valence-electron chi connectivity index (χ1n) is 5.94. The lowest BCUT2D eigenvalue weighted by Gasteiger charge is -2.14. The van der Waals surface area contributed by atoms with Crippen molar-refractivity contribution in [2.24, 2.45) is 0 Å². The minimum Gasteiger partial charge on any atom is -0.480 e. The van der Waals surface area contributed by atoms with Crippen LogP contribution in [0.25, 0.3) is 0 Å². The smallest absolute Gasteiger partial charge is 0.320 e. The molecule has 0 bridgehead atoms. The SMILES string of the molecule is CCCCC(NCc1ccc(Br)c(F)c1)C(=O)O. The second-order valence-corrected chi connectivity index (χ2v) is 5.02. The Kier molecular flexibility index (Phi) is 6.29. The quantitative estimate of drug-likeness (QED) is 0.811. The Bertz CT molecular complexity index is 412. The molecular formula is C13H17BrFNO2. The predicted octanol–water partition coefficient (Wildman–Crippen LogP) is 3.32. The van der Waals surface area contributed by atoms with E-state index in [0.29, 0.717) is 17.4 Å². The van der Waals surface area contributed by atoms with E-state index in [4.69, 9.17) is 5.11 Å². The third-order valence-corrected chi connectivity index (χ3v) is 3.32. The molecular weight excluding hydrogens is 301 g/mol. The largest absolute Gasteiger partial charge is 0.480 e. The lowest BCUT2D eigenvalue weighted by atomic mass is 10.1. The number of unbranched alkanes of at least 4 members (excludes halogenated alkanes) is 1. The van der Waals surface area contributed by atoms with Gasteiger partial charge in [-0.2, -0.15) is 0 Å². The Balaban J connectivity index is 2.55. The zero-order chi connectivity index (χ0) is 13.5. The van der Waals surface area contributed by atoms with Crippen LogP contribution in [0, 0.1) is 5.82 Å². The molecule has 100 valence electrons. The Hall–Kier alpha value is -0.940. The predicted molar refractivity (Wildman–Crippen MR) is 71.9 cm³/mol. The minimum atomic E-state index is -0.860. The summed E-state index contributed by atoms with van der Waals surface area (Å²) in [7, 11) is 0. The molecule has 0 heterocycles. The molecule has 1 atom stereocenters. The van der Waals surface area contributed by atoms with Crippen molar-refractivity contribution in [2.75, 3.05) is 0 Å². The summed E-state index contributed by atoms with van der Waals surface area (Å²) >= 11 is 3.08. The molecule has 2 N–H and O–H groups in total. The molecule has 1 aromatic carbocycles. The molecule has 0 radical (unpaired) electrons. The number of aliphatic carboxylic acids is 1. The molecule has 0 spiro atoms. The highest BCUT2D eigenvalue weighted by Gasteiger charge is 2.15. The third-order valence-electron chi connectivity index (χ3n) is 2.68. The van der Waals surface area contributed by atoms with E-state index in [9.17, 15) is 9.18 Å². The average molecular weight is 318 g/mol. The highest BCUT2D eigenvalue weighted by atomic mass is 79.9. The van der Waals surface area contributed by atoms with Crippen molar-refractivity contribution < 1.29 is 14.3 Å². The Morgan fingerprint density at radius 2 is 2.28 bits per heavy atom. The number of nitrogens with one attached hydrogen (secondary N) is 1. The van der Waals surface area contributed by atoms with E-state index >= 15 is 0 Å². The van der Waals surface area contributed by atoms with Gasteiger partial charge < -0.3 is 10.4 Å². The summed E-state index contributed by atoms with van der Waals surface area (Å²) in [6, 6.07) is 4.21. The number of hydrogen-bond donors (Lipinski definition) is 2. The summed E-state index contributed by atoms with van der Waals surface area (Å²) in [5.41, 5.74) is 0.735. The highest BCUT2D eigenvalue weighted by molar-refractivity contribution is 9.10. The van der Waals surface area contributed by atoms with Gasteiger partial charge in [0.05, 0.1) is 4.47 Å². The molecule has 0 aliphatic carbocycles. The summed E-state index contributed by atoms with van der Waals surface area (Å²) in [4.78, 5) is 11.0. The average Bonchev–Trinajstić information content (AvgIpc) is 2.33. The van der Waals surface area contributed by atoms with Crippen LogP contribution in [0.1, 0.15) is 31.7 Å². The normalized spacial score (nSPS) is 12.4. The minimum absolute atomic E-state index is 0.338. The fourth-order valence-electron chi connectivity index (χ4n) is 1.61. The standard InChI is InChI=1S/C13H17BrFNO2/c1-2-3-4-12(13(17)18)16-8-9-5-6-10(14)11(15)7-9/h5-7,12,16H,2-4,8H2,1H3,(H,17,18). The van der Waals surface area contributed by atoms with Crippen LogP contribution < -0.4 is 5.32 Å². The second kappa shape index (κ2) is 7.48. The topological polar surface area (TPSA) is 49.3 Å². The maximum absolute atomic E-state index is 13.3. The maximum atomic E-state index is 13.3. The molecule has 1 rings (SSSR count). The molecule has 0 amide bonds. The van der Waals surface area contributed by atoms with Crippen molar-refractivity contribution in [1.82, 2.24) is 5.32 Å². The Labute approximate surface area is 115 Å². The van der Waals surface area contributed by atoms with Crippen molar-refractivity contribution in [3.05, 3.63) is 34.1 Å². The van der Waals surface area contributed by atoms with Crippen molar-refractivity contribution >= 4 is 21.9 Å². The van der Waals surface area contributed by atoms with E-state index in [1.807, 2.05) is 6.92 Å². The molecule has 0 aliphatic heterocycles. The van der Waals surface area contributed by atoms with E-state index < -0.39 is 12.0 Å². The number of benzene rings is 1. The maximum Gasteiger partial charge on any atom is 0.320 e. The zero-order valence-electron chi connectivity index (χ0n) is 10.2.